The Bertz CT molecular complexity index is 4550. The fourth-order valence-corrected chi connectivity index (χ4v) is 15.3. The number of hydrazine groups is 1. The molecule has 4 amide bonds. The van der Waals surface area contributed by atoms with E-state index in [1.165, 1.54) is 17.5 Å². The minimum absolute atomic E-state index is 0.0130. The number of aromatic hydroxyl groups is 1. The molecule has 3 aliphatic rings. The molecule has 6 aromatic rings. The molecule has 1 aliphatic carbocycles. The van der Waals surface area contributed by atoms with Crippen LogP contribution in [0.4, 0.5) is 10.5 Å². The summed E-state index contributed by atoms with van der Waals surface area (Å²) in [7, 11) is 1.00. The van der Waals surface area contributed by atoms with E-state index >= 15 is 0 Å². The van der Waals surface area contributed by atoms with Crippen LogP contribution in [0.2, 0.25) is 0 Å². The third-order valence-electron chi connectivity index (χ3n) is 20.9. The number of nitrogens with one attached hydrogen (secondary N) is 3. The first-order valence-electron chi connectivity index (χ1n) is 39.8. The molecule has 116 heavy (non-hydrogen) atoms. The SMILES string of the molecule is CCc1c2c(nc3ccc(O)cc13)-c1cc3c(c(=O)n1C2)CCC(=O)[C@@]3(CC)OC(=O)CCCN(C)C(=O)OCc1ccc(NC(=O)[C@H](C)CC(=O)[C@@H](NC(=O)CCOCCOCCOCCOCCOCCOCCOCCOCCNC(=O)[C@@H](CC(=O)CCn2c3c(c4ccccc42)CN(C)N(C)C3)CS(=O)(=O)O)C(C)C)cc1. The number of amides is 4. The van der Waals surface area contributed by atoms with Crippen molar-refractivity contribution in [1.82, 2.24) is 39.7 Å². The Labute approximate surface area is 676 Å². The summed E-state index contributed by atoms with van der Waals surface area (Å²) >= 11 is 0. The highest BCUT2D eigenvalue weighted by molar-refractivity contribution is 7.85. The number of carbonyl (C=O) groups is 8. The molecule has 3 aromatic heterocycles. The van der Waals surface area contributed by atoms with Gasteiger partial charge in [-0.25, -0.2) is 19.8 Å². The lowest BCUT2D eigenvalue weighted by atomic mass is 9.76. The Morgan fingerprint density at radius 2 is 1.28 bits per heavy atom. The molecule has 9 rings (SSSR count). The van der Waals surface area contributed by atoms with Gasteiger partial charge in [0.2, 0.25) is 17.7 Å². The van der Waals surface area contributed by atoms with Crippen LogP contribution in [0.1, 0.15) is 125 Å². The molecule has 0 spiro atoms. The normalized spacial score (nSPS) is 15.5. The molecule has 0 unspecified atom stereocenters. The van der Waals surface area contributed by atoms with Gasteiger partial charge in [-0.3, -0.25) is 42.9 Å². The van der Waals surface area contributed by atoms with Gasteiger partial charge < -0.3 is 82.5 Å². The van der Waals surface area contributed by atoms with Crippen molar-refractivity contribution in [2.24, 2.45) is 17.8 Å². The molecule has 2 aliphatic heterocycles. The second kappa shape index (κ2) is 44.6. The molecule has 5 N–H and O–H groups in total. The van der Waals surface area contributed by atoms with Crippen LogP contribution in [0, 0.1) is 17.8 Å². The molecule has 0 radical (unpaired) electrons. The number of pyridine rings is 2. The average molecular weight is 1640 g/mol. The van der Waals surface area contributed by atoms with Crippen molar-refractivity contribution in [3.8, 4) is 17.1 Å². The average Bonchev–Trinajstić information content (AvgIpc) is 1.50. The number of hydrogen-bond donors (Lipinski definition) is 5. The van der Waals surface area contributed by atoms with Crippen LogP contribution in [0.15, 0.2) is 77.6 Å². The van der Waals surface area contributed by atoms with E-state index in [0.717, 1.165) is 39.7 Å². The highest BCUT2D eigenvalue weighted by atomic mass is 32.2. The van der Waals surface area contributed by atoms with Gasteiger partial charge in [0.05, 0.1) is 153 Å². The fourth-order valence-electron chi connectivity index (χ4n) is 14.5. The fraction of sp³-hybridized carbons (Fsp3) is 0.566. The van der Waals surface area contributed by atoms with Gasteiger partial charge in [-0.1, -0.05) is 65.0 Å². The van der Waals surface area contributed by atoms with E-state index in [-0.39, 0.29) is 164 Å². The number of esters is 1. The lowest BCUT2D eigenvalue weighted by Gasteiger charge is -2.36. The van der Waals surface area contributed by atoms with Crippen LogP contribution in [0.3, 0.4) is 0 Å². The number of nitrogens with zero attached hydrogens (tertiary/aromatic N) is 6. The number of ketones is 3. The summed E-state index contributed by atoms with van der Waals surface area (Å²) in [6.45, 7) is 15.9. The second-order valence-electron chi connectivity index (χ2n) is 29.6. The smallest absolute Gasteiger partial charge is 0.409 e. The molecule has 0 saturated heterocycles. The number of carbonyl (C=O) groups excluding carboxylic acids is 8. The van der Waals surface area contributed by atoms with Gasteiger partial charge in [0.25, 0.3) is 15.7 Å². The number of Topliss-reactive ketones (excluding diaryl/α,β-unsaturated/α-hetero) is 3. The van der Waals surface area contributed by atoms with Gasteiger partial charge in [0.1, 0.15) is 18.1 Å². The Morgan fingerprint density at radius 3 is 1.90 bits per heavy atom. The van der Waals surface area contributed by atoms with Crippen LogP contribution in [-0.4, -0.2) is 246 Å². The Balaban J connectivity index is 0.534. The topological polar surface area (TPSA) is 389 Å². The van der Waals surface area contributed by atoms with Gasteiger partial charge >= 0.3 is 12.1 Å². The van der Waals surface area contributed by atoms with Crippen molar-refractivity contribution >= 4 is 84.7 Å². The first kappa shape index (κ1) is 90.9. The maximum absolute atomic E-state index is 14.2. The minimum Gasteiger partial charge on any atom is -0.508 e. The number of rotatable bonds is 51. The summed E-state index contributed by atoms with van der Waals surface area (Å²) in [5.41, 5.74) is 6.89. The number of ether oxygens (including phenoxy) is 10. The predicted molar refractivity (Wildman–Crippen MR) is 429 cm³/mol. The molecular formula is C83H113N9O23S. The lowest BCUT2D eigenvalue weighted by molar-refractivity contribution is -0.171. The van der Waals surface area contributed by atoms with Gasteiger partial charge in [-0.15, -0.1) is 0 Å². The zero-order valence-corrected chi connectivity index (χ0v) is 68.7. The summed E-state index contributed by atoms with van der Waals surface area (Å²) in [6.07, 6.45) is 0.0357. The van der Waals surface area contributed by atoms with Crippen LogP contribution >= 0.6 is 0 Å². The summed E-state index contributed by atoms with van der Waals surface area (Å²) < 4.78 is 93.0. The number of aromatic nitrogens is 3. The van der Waals surface area contributed by atoms with Gasteiger partial charge in [0.15, 0.2) is 17.2 Å². The zero-order chi connectivity index (χ0) is 83.5. The third-order valence-corrected chi connectivity index (χ3v) is 21.7. The molecule has 4 atom stereocenters. The molecule has 32 nitrogen and oxygen atoms in total. The van der Waals surface area contributed by atoms with Crippen molar-refractivity contribution < 1.29 is 104 Å². The van der Waals surface area contributed by atoms with E-state index in [1.54, 1.807) is 66.9 Å². The highest BCUT2D eigenvalue weighted by Gasteiger charge is 2.48. The quantitative estimate of drug-likeness (QED) is 0.0145. The zero-order valence-electron chi connectivity index (χ0n) is 67.8. The van der Waals surface area contributed by atoms with Crippen molar-refractivity contribution in [2.75, 3.05) is 151 Å². The number of phenolic OH excluding ortho intramolecular Hbond substituents is 1. The van der Waals surface area contributed by atoms with Crippen molar-refractivity contribution in [2.45, 2.75) is 143 Å². The monoisotopic (exact) mass is 1640 g/mol. The Morgan fingerprint density at radius 1 is 0.672 bits per heavy atom. The van der Waals surface area contributed by atoms with Crippen LogP contribution in [0.25, 0.3) is 33.2 Å². The largest absolute Gasteiger partial charge is 0.508 e. The number of anilines is 1. The molecule has 0 saturated carbocycles. The van der Waals surface area contributed by atoms with Crippen molar-refractivity contribution in [3.63, 3.8) is 0 Å². The number of phenols is 1. The Kier molecular flexibility index (Phi) is 34.9. The number of fused-ring (bicyclic) bond motifs is 8. The second-order valence-corrected chi connectivity index (χ2v) is 31.1. The molecular weight excluding hydrogens is 1520 g/mol. The summed E-state index contributed by atoms with van der Waals surface area (Å²) in [4.78, 5) is 127. The highest BCUT2D eigenvalue weighted by Crippen LogP contribution is 2.43. The standard InChI is InChI=1S/C83H113N9O23S/c1-9-62-65-48-60(93)21-23-69(65)86-78-67(62)51-92-71(78)49-68-64(81(92)101)22-24-74(96)83(68,10-2)115-76(98)16-13-28-88(6)82(102)114-53-57-17-19-59(20-18-57)85-79(99)56(5)46-73(95)77(55(3)4)87-75(97)26-30-106-32-34-108-36-38-110-40-42-112-44-45-113-43-41-111-39-37-109-35-33-107-31-27-84-80(100)58(54-116(103,104)105)47-61(94)25-29-91-70-15-12-11-14-63(70)66-50-89(7)90(8)52-72(66)91/h11-12,14-15,17-21,23,48-49,55-56,58,77,93H,9-10,13,16,22,24-47,50-54H2,1-8H3,(H,84,100)(H,85,99)(H,87,97)(H,103,104,105)/t56-,58+,77+,83+/m1/s1. The lowest BCUT2D eigenvalue weighted by Crippen LogP contribution is -2.46. The summed E-state index contributed by atoms with van der Waals surface area (Å²) in [6, 6.07) is 20.6. The molecule has 0 fully saturated rings. The summed E-state index contributed by atoms with van der Waals surface area (Å²) in [5, 5.41) is 24.6. The van der Waals surface area contributed by atoms with E-state index in [4.69, 9.17) is 52.4 Å². The first-order valence-corrected chi connectivity index (χ1v) is 41.5. The third kappa shape index (κ3) is 25.5. The van der Waals surface area contributed by atoms with Gasteiger partial charge in [0, 0.05) is 136 Å². The van der Waals surface area contributed by atoms with E-state index in [0.29, 0.717) is 125 Å². The van der Waals surface area contributed by atoms with E-state index in [9.17, 15) is 61.2 Å². The first-order chi connectivity index (χ1) is 55.7. The number of hydrogen-bond acceptors (Lipinski definition) is 25. The maximum Gasteiger partial charge on any atom is 0.409 e. The number of aryl methyl sites for hydroxylation is 2. The Hall–Kier alpha value is -8.97. The number of para-hydroxylation sites is 1. The minimum atomic E-state index is -4.55. The van der Waals surface area contributed by atoms with Gasteiger partial charge in [-0.2, -0.15) is 8.42 Å². The van der Waals surface area contributed by atoms with Crippen LogP contribution < -0.4 is 21.5 Å². The predicted octanol–water partition coefficient (Wildman–Crippen LogP) is 7.02. The van der Waals surface area contributed by atoms with E-state index in [1.807, 2.05) is 53.1 Å². The maximum atomic E-state index is 14.2. The van der Waals surface area contributed by atoms with Gasteiger partial charge in [-0.05, 0) is 90.8 Å². The van der Waals surface area contributed by atoms with Crippen molar-refractivity contribution in [3.05, 3.63) is 122 Å². The van der Waals surface area contributed by atoms with E-state index < -0.39 is 63.2 Å². The summed E-state index contributed by atoms with van der Waals surface area (Å²) in [5.74, 6) is -5.98. The molecule has 634 valence electrons. The molecule has 5 heterocycles. The number of benzene rings is 3. The molecule has 3 aromatic carbocycles. The van der Waals surface area contributed by atoms with Crippen LogP contribution in [0.5, 0.6) is 5.75 Å². The van der Waals surface area contributed by atoms with E-state index in [2.05, 4.69) is 36.6 Å². The molecule has 33 heteroatoms. The van der Waals surface area contributed by atoms with Crippen molar-refractivity contribution in [1.29, 1.82) is 0 Å². The van der Waals surface area contributed by atoms with Crippen LogP contribution in [-0.2, 0) is 142 Å². The molecule has 0 bridgehead atoms.